The Kier molecular flexibility index (Phi) is 5.85. The minimum Gasteiger partial charge on any atom is -0.423 e. The second-order valence-electron chi connectivity index (χ2n) is 5.47. The molecule has 0 atom stereocenters. The third kappa shape index (κ3) is 4.53. The second kappa shape index (κ2) is 8.06. The summed E-state index contributed by atoms with van der Waals surface area (Å²) >= 11 is 0. The van der Waals surface area contributed by atoms with Crippen LogP contribution in [0, 0.1) is 6.92 Å². The van der Waals surface area contributed by atoms with Crippen molar-refractivity contribution in [1.29, 1.82) is 0 Å². The fourth-order valence-corrected chi connectivity index (χ4v) is 2.33. The number of ether oxygens (including phenoxy) is 1. The van der Waals surface area contributed by atoms with Gasteiger partial charge in [-0.05, 0) is 53.8 Å². The molecule has 24 heavy (non-hydrogen) atoms. The molecule has 2 aromatic rings. The first-order valence-corrected chi connectivity index (χ1v) is 7.73. The molecule has 0 heterocycles. The summed E-state index contributed by atoms with van der Waals surface area (Å²) < 4.78 is 5.17. The van der Waals surface area contributed by atoms with Crippen molar-refractivity contribution in [3.05, 3.63) is 78.9 Å². The summed E-state index contributed by atoms with van der Waals surface area (Å²) in [5.41, 5.74) is 4.10. The van der Waals surface area contributed by atoms with E-state index in [9.17, 15) is 9.59 Å². The van der Waals surface area contributed by atoms with E-state index in [0.717, 1.165) is 28.3 Å². The smallest absolute Gasteiger partial charge is 0.335 e. The van der Waals surface area contributed by atoms with Crippen LogP contribution >= 0.6 is 0 Å². The number of benzene rings is 2. The maximum absolute atomic E-state index is 11.3. The van der Waals surface area contributed by atoms with Gasteiger partial charge in [-0.25, -0.2) is 4.79 Å². The van der Waals surface area contributed by atoms with Gasteiger partial charge in [-0.15, -0.1) is 0 Å². The molecule has 0 saturated carbocycles. The fraction of sp³-hybridized carbons (Fsp3) is 0.143. The van der Waals surface area contributed by atoms with E-state index < -0.39 is 5.97 Å². The Bertz CT molecular complexity index is 770. The minimum atomic E-state index is -0.468. The Hall–Kier alpha value is -2.94. The maximum atomic E-state index is 11.3. The molecule has 0 N–H and O–H groups in total. The van der Waals surface area contributed by atoms with E-state index in [1.807, 2.05) is 43.3 Å². The quantitative estimate of drug-likeness (QED) is 0.430. The van der Waals surface area contributed by atoms with Crippen molar-refractivity contribution in [1.82, 2.24) is 0 Å². The van der Waals surface area contributed by atoms with Crippen molar-refractivity contribution in [3.63, 3.8) is 0 Å². The third-order valence-corrected chi connectivity index (χ3v) is 3.73. The summed E-state index contributed by atoms with van der Waals surface area (Å²) in [6.07, 6.45) is 3.69. The highest BCUT2D eigenvalue weighted by atomic mass is 16.5. The molecule has 0 aliphatic rings. The molecule has 3 nitrogen and oxygen atoms in total. The first-order valence-electron chi connectivity index (χ1n) is 7.73. The van der Waals surface area contributed by atoms with Crippen LogP contribution in [0.3, 0.4) is 0 Å². The summed E-state index contributed by atoms with van der Waals surface area (Å²) in [5, 5.41) is 0. The summed E-state index contributed by atoms with van der Waals surface area (Å²) in [4.78, 5) is 22.6. The standard InChI is InChI=1S/C21H20O3/c1-4-19(22)12-8-16-6-9-17(10-7-16)18-11-13-20(15(3)14-18)24-21(23)5-2/h4-7,9-11,13-14H,1-2,8,12H2,3H3. The molecule has 0 bridgehead atoms. The normalized spacial score (nSPS) is 10.0. The number of rotatable bonds is 7. The van der Waals surface area contributed by atoms with Gasteiger partial charge in [0.1, 0.15) is 5.75 Å². The number of hydrogen-bond donors (Lipinski definition) is 0. The minimum absolute atomic E-state index is 0.0550. The molecule has 3 heteroatoms. The molecule has 0 radical (unpaired) electrons. The van der Waals surface area contributed by atoms with Crippen molar-refractivity contribution < 1.29 is 14.3 Å². The highest BCUT2D eigenvalue weighted by Crippen LogP contribution is 2.26. The van der Waals surface area contributed by atoms with Crippen LogP contribution in [0.1, 0.15) is 17.5 Å². The Labute approximate surface area is 142 Å². The van der Waals surface area contributed by atoms with Crippen LogP contribution in [0.25, 0.3) is 11.1 Å². The zero-order valence-electron chi connectivity index (χ0n) is 13.7. The lowest BCUT2D eigenvalue weighted by molar-refractivity contribution is -0.129. The Morgan fingerprint density at radius 3 is 2.25 bits per heavy atom. The Morgan fingerprint density at radius 1 is 1.00 bits per heavy atom. The molecule has 0 aromatic heterocycles. The van der Waals surface area contributed by atoms with Crippen LogP contribution in [-0.2, 0) is 16.0 Å². The van der Waals surface area contributed by atoms with Crippen LogP contribution in [-0.4, -0.2) is 11.8 Å². The summed E-state index contributed by atoms with van der Waals surface area (Å²) in [6, 6.07) is 13.8. The number of hydrogen-bond acceptors (Lipinski definition) is 3. The van der Waals surface area contributed by atoms with Crippen LogP contribution in [0.5, 0.6) is 5.75 Å². The van der Waals surface area contributed by atoms with E-state index in [0.29, 0.717) is 18.6 Å². The largest absolute Gasteiger partial charge is 0.423 e. The molecule has 0 fully saturated rings. The molecular formula is C21H20O3. The van der Waals surface area contributed by atoms with Gasteiger partial charge >= 0.3 is 5.97 Å². The van der Waals surface area contributed by atoms with Gasteiger partial charge in [0.2, 0.25) is 0 Å². The van der Waals surface area contributed by atoms with Crippen molar-refractivity contribution >= 4 is 11.8 Å². The first-order chi connectivity index (χ1) is 11.5. The average Bonchev–Trinajstić information content (AvgIpc) is 2.61. The number of aryl methyl sites for hydroxylation is 2. The lowest BCUT2D eigenvalue weighted by Gasteiger charge is -2.09. The van der Waals surface area contributed by atoms with Gasteiger partial charge in [-0.2, -0.15) is 0 Å². The molecule has 0 amide bonds. The van der Waals surface area contributed by atoms with Gasteiger partial charge in [0.15, 0.2) is 5.78 Å². The van der Waals surface area contributed by atoms with Crippen LogP contribution in [0.4, 0.5) is 0 Å². The number of carbonyl (C=O) groups excluding carboxylic acids is 2. The van der Waals surface area contributed by atoms with E-state index in [2.05, 4.69) is 13.2 Å². The molecule has 0 spiro atoms. The number of allylic oxidation sites excluding steroid dienone is 1. The lowest BCUT2D eigenvalue weighted by Crippen LogP contribution is -2.04. The van der Waals surface area contributed by atoms with Gasteiger partial charge in [0.05, 0.1) is 0 Å². The topological polar surface area (TPSA) is 43.4 Å². The Morgan fingerprint density at radius 2 is 1.67 bits per heavy atom. The third-order valence-electron chi connectivity index (χ3n) is 3.73. The first kappa shape index (κ1) is 17.4. The molecule has 0 unspecified atom stereocenters. The van der Waals surface area contributed by atoms with E-state index in [-0.39, 0.29) is 5.78 Å². The summed E-state index contributed by atoms with van der Waals surface area (Å²) in [5.74, 6) is 0.117. The summed E-state index contributed by atoms with van der Waals surface area (Å²) in [6.45, 7) is 8.76. The van der Waals surface area contributed by atoms with Gasteiger partial charge in [0, 0.05) is 12.5 Å². The Balaban J connectivity index is 2.12. The lowest BCUT2D eigenvalue weighted by atomic mass is 10.00. The van der Waals surface area contributed by atoms with Gasteiger partial charge in [-0.3, -0.25) is 4.79 Å². The van der Waals surface area contributed by atoms with Crippen molar-refractivity contribution in [2.45, 2.75) is 19.8 Å². The molecule has 122 valence electrons. The van der Waals surface area contributed by atoms with Crippen molar-refractivity contribution in [2.75, 3.05) is 0 Å². The predicted molar refractivity (Wildman–Crippen MR) is 96.0 cm³/mol. The molecule has 0 aliphatic carbocycles. The van der Waals surface area contributed by atoms with Crippen LogP contribution < -0.4 is 4.74 Å². The maximum Gasteiger partial charge on any atom is 0.335 e. The van der Waals surface area contributed by atoms with Gasteiger partial charge in [-0.1, -0.05) is 43.5 Å². The zero-order chi connectivity index (χ0) is 17.5. The van der Waals surface area contributed by atoms with Crippen LogP contribution in [0.15, 0.2) is 67.8 Å². The predicted octanol–water partition coefficient (Wildman–Crippen LogP) is 4.44. The van der Waals surface area contributed by atoms with E-state index in [1.54, 1.807) is 6.07 Å². The van der Waals surface area contributed by atoms with Gasteiger partial charge < -0.3 is 4.74 Å². The molecular weight excluding hydrogens is 300 g/mol. The highest BCUT2D eigenvalue weighted by Gasteiger charge is 2.06. The highest BCUT2D eigenvalue weighted by molar-refractivity contribution is 5.89. The van der Waals surface area contributed by atoms with Crippen molar-refractivity contribution in [2.24, 2.45) is 0 Å². The average molecular weight is 320 g/mol. The number of esters is 1. The van der Waals surface area contributed by atoms with E-state index in [1.165, 1.54) is 6.08 Å². The molecule has 0 aliphatic heterocycles. The molecule has 0 saturated heterocycles. The fourth-order valence-electron chi connectivity index (χ4n) is 2.33. The van der Waals surface area contributed by atoms with Gasteiger partial charge in [0.25, 0.3) is 0 Å². The van der Waals surface area contributed by atoms with E-state index >= 15 is 0 Å². The van der Waals surface area contributed by atoms with Crippen LogP contribution in [0.2, 0.25) is 0 Å². The monoisotopic (exact) mass is 320 g/mol. The van der Waals surface area contributed by atoms with E-state index in [4.69, 9.17) is 4.74 Å². The number of ketones is 1. The van der Waals surface area contributed by atoms with Crippen molar-refractivity contribution in [3.8, 4) is 16.9 Å². The zero-order valence-corrected chi connectivity index (χ0v) is 13.7. The SMILES string of the molecule is C=CC(=O)CCc1ccc(-c2ccc(OC(=O)C=C)c(C)c2)cc1. The second-order valence-corrected chi connectivity index (χ2v) is 5.47. The molecule has 2 aromatic carbocycles. The molecule has 2 rings (SSSR count). The number of carbonyl (C=O) groups is 2. The summed E-state index contributed by atoms with van der Waals surface area (Å²) in [7, 11) is 0.